The standard InChI is InChI=1S/C16H15N3O3/c1-21-13-4-2-3-9-5-10(8-22-15(9)13)11-6-14(20)18-16-12(11)7-17-19-16/h2-5,7,11H,6,8H2,1H3,(H2,17,18,19,20)/t11-/m0/s1. The number of nitrogens with zero attached hydrogens (tertiary/aromatic N) is 1. The second-order valence-electron chi connectivity index (χ2n) is 5.39. The number of amides is 1. The molecular formula is C16H15N3O3. The lowest BCUT2D eigenvalue weighted by atomic mass is 9.85. The van der Waals surface area contributed by atoms with Gasteiger partial charge in [0.25, 0.3) is 0 Å². The van der Waals surface area contributed by atoms with Crippen molar-refractivity contribution in [3.63, 3.8) is 0 Å². The lowest BCUT2D eigenvalue weighted by molar-refractivity contribution is -0.116. The van der Waals surface area contributed by atoms with Crippen LogP contribution in [0.3, 0.4) is 0 Å². The maximum atomic E-state index is 11.9. The summed E-state index contributed by atoms with van der Waals surface area (Å²) in [5.74, 6) is 2.12. The number of hydrogen-bond acceptors (Lipinski definition) is 4. The van der Waals surface area contributed by atoms with Gasteiger partial charge >= 0.3 is 0 Å². The first-order valence-electron chi connectivity index (χ1n) is 7.09. The molecule has 0 aliphatic carbocycles. The van der Waals surface area contributed by atoms with Crippen LogP contribution in [0.4, 0.5) is 5.82 Å². The number of H-pyrrole nitrogens is 1. The van der Waals surface area contributed by atoms with E-state index >= 15 is 0 Å². The van der Waals surface area contributed by atoms with Crippen molar-refractivity contribution in [2.75, 3.05) is 19.0 Å². The number of fused-ring (bicyclic) bond motifs is 2. The van der Waals surface area contributed by atoms with Crippen LogP contribution in [-0.2, 0) is 4.79 Å². The van der Waals surface area contributed by atoms with Crippen LogP contribution >= 0.6 is 0 Å². The normalized spacial score (nSPS) is 19.4. The van der Waals surface area contributed by atoms with Crippen LogP contribution in [0.15, 0.2) is 30.0 Å². The topological polar surface area (TPSA) is 76.2 Å². The number of benzene rings is 1. The number of methoxy groups -OCH3 is 1. The zero-order valence-corrected chi connectivity index (χ0v) is 12.1. The molecule has 2 aromatic rings. The Hall–Kier alpha value is -2.76. The Labute approximate surface area is 127 Å². The van der Waals surface area contributed by atoms with Gasteiger partial charge in [-0.05, 0) is 17.7 Å². The number of nitrogens with one attached hydrogen (secondary N) is 2. The number of rotatable bonds is 2. The minimum Gasteiger partial charge on any atom is -0.493 e. The fourth-order valence-corrected chi connectivity index (χ4v) is 3.04. The molecule has 0 fully saturated rings. The minimum absolute atomic E-state index is 0.0122. The van der Waals surface area contributed by atoms with Crippen molar-refractivity contribution in [2.24, 2.45) is 0 Å². The molecule has 112 valence electrons. The Morgan fingerprint density at radius 2 is 2.32 bits per heavy atom. The molecule has 6 heteroatoms. The molecule has 2 aliphatic rings. The highest BCUT2D eigenvalue weighted by molar-refractivity contribution is 5.94. The van der Waals surface area contributed by atoms with E-state index in [1.165, 1.54) is 0 Å². The Balaban J connectivity index is 1.76. The van der Waals surface area contributed by atoms with Crippen molar-refractivity contribution in [1.82, 2.24) is 10.2 Å². The Bertz CT molecular complexity index is 779. The second kappa shape index (κ2) is 4.91. The fourth-order valence-electron chi connectivity index (χ4n) is 3.04. The summed E-state index contributed by atoms with van der Waals surface area (Å²) in [5.41, 5.74) is 3.04. The molecule has 1 amide bonds. The Morgan fingerprint density at radius 3 is 3.18 bits per heavy atom. The predicted molar refractivity (Wildman–Crippen MR) is 81.0 cm³/mol. The zero-order chi connectivity index (χ0) is 15.1. The van der Waals surface area contributed by atoms with E-state index in [0.717, 1.165) is 28.2 Å². The summed E-state index contributed by atoms with van der Waals surface area (Å²) >= 11 is 0. The first kappa shape index (κ1) is 12.9. The van der Waals surface area contributed by atoms with E-state index in [9.17, 15) is 4.79 Å². The van der Waals surface area contributed by atoms with E-state index < -0.39 is 0 Å². The first-order valence-corrected chi connectivity index (χ1v) is 7.09. The molecule has 0 unspecified atom stereocenters. The average molecular weight is 297 g/mol. The third-order valence-corrected chi connectivity index (χ3v) is 4.10. The number of para-hydroxylation sites is 1. The molecular weight excluding hydrogens is 282 g/mol. The number of aromatic nitrogens is 2. The zero-order valence-electron chi connectivity index (χ0n) is 12.1. The molecule has 2 N–H and O–H groups in total. The molecule has 1 atom stereocenters. The Morgan fingerprint density at radius 1 is 1.41 bits per heavy atom. The summed E-state index contributed by atoms with van der Waals surface area (Å²) < 4.78 is 11.2. The van der Waals surface area contributed by atoms with Gasteiger partial charge in [-0.3, -0.25) is 9.89 Å². The van der Waals surface area contributed by atoms with Crippen LogP contribution in [0, 0.1) is 0 Å². The molecule has 22 heavy (non-hydrogen) atoms. The van der Waals surface area contributed by atoms with Gasteiger partial charge in [-0.1, -0.05) is 12.1 Å². The summed E-state index contributed by atoms with van der Waals surface area (Å²) in [6, 6.07) is 5.79. The van der Waals surface area contributed by atoms with Crippen molar-refractivity contribution in [3.8, 4) is 11.5 Å². The van der Waals surface area contributed by atoms with Gasteiger partial charge in [0.15, 0.2) is 11.5 Å². The summed E-state index contributed by atoms with van der Waals surface area (Å²) in [5, 5.41) is 9.65. The van der Waals surface area contributed by atoms with Gasteiger partial charge in [0, 0.05) is 23.5 Å². The predicted octanol–water partition coefficient (Wildman–Crippen LogP) is 2.32. The number of hydrogen-bond donors (Lipinski definition) is 2. The van der Waals surface area contributed by atoms with Gasteiger partial charge in [0.2, 0.25) is 5.91 Å². The van der Waals surface area contributed by atoms with Crippen LogP contribution in [0.1, 0.15) is 23.5 Å². The maximum Gasteiger partial charge on any atom is 0.226 e. The summed E-state index contributed by atoms with van der Waals surface area (Å²) in [6.07, 6.45) is 4.25. The van der Waals surface area contributed by atoms with Gasteiger partial charge in [-0.2, -0.15) is 5.10 Å². The van der Waals surface area contributed by atoms with Gasteiger partial charge in [-0.25, -0.2) is 0 Å². The molecule has 6 nitrogen and oxygen atoms in total. The van der Waals surface area contributed by atoms with Crippen LogP contribution in [-0.4, -0.2) is 29.8 Å². The molecule has 4 rings (SSSR count). The monoisotopic (exact) mass is 297 g/mol. The number of aromatic amines is 1. The highest BCUT2D eigenvalue weighted by Crippen LogP contribution is 2.42. The average Bonchev–Trinajstić information content (AvgIpc) is 3.01. The van der Waals surface area contributed by atoms with E-state index in [1.807, 2.05) is 18.2 Å². The smallest absolute Gasteiger partial charge is 0.226 e. The molecule has 0 spiro atoms. The van der Waals surface area contributed by atoms with E-state index in [0.29, 0.717) is 18.8 Å². The molecule has 0 saturated carbocycles. The van der Waals surface area contributed by atoms with Gasteiger partial charge in [-0.15, -0.1) is 0 Å². The van der Waals surface area contributed by atoms with E-state index in [-0.39, 0.29) is 11.8 Å². The maximum absolute atomic E-state index is 11.9. The fraction of sp³-hybridized carbons (Fsp3) is 0.250. The molecule has 2 aliphatic heterocycles. The number of carbonyl (C=O) groups is 1. The van der Waals surface area contributed by atoms with Crippen LogP contribution < -0.4 is 14.8 Å². The van der Waals surface area contributed by atoms with E-state index in [2.05, 4.69) is 21.6 Å². The third kappa shape index (κ3) is 1.95. The molecule has 3 heterocycles. The molecule has 1 aromatic heterocycles. The van der Waals surface area contributed by atoms with Gasteiger partial charge in [0.1, 0.15) is 12.4 Å². The molecule has 0 bridgehead atoms. The second-order valence-corrected chi connectivity index (χ2v) is 5.39. The van der Waals surface area contributed by atoms with Crippen LogP contribution in [0.5, 0.6) is 11.5 Å². The quantitative estimate of drug-likeness (QED) is 0.892. The van der Waals surface area contributed by atoms with Gasteiger partial charge in [0.05, 0.1) is 13.3 Å². The summed E-state index contributed by atoms with van der Waals surface area (Å²) in [6.45, 7) is 0.440. The molecule has 0 saturated heterocycles. The van der Waals surface area contributed by atoms with Crippen LogP contribution in [0.25, 0.3) is 6.08 Å². The van der Waals surface area contributed by atoms with Crippen molar-refractivity contribution in [3.05, 3.63) is 41.1 Å². The first-order chi connectivity index (χ1) is 10.8. The van der Waals surface area contributed by atoms with Crippen molar-refractivity contribution in [1.29, 1.82) is 0 Å². The lowest BCUT2D eigenvalue weighted by Gasteiger charge is -2.28. The van der Waals surface area contributed by atoms with Crippen molar-refractivity contribution >= 4 is 17.8 Å². The lowest BCUT2D eigenvalue weighted by Crippen LogP contribution is -2.25. The summed E-state index contributed by atoms with van der Waals surface area (Å²) in [4.78, 5) is 11.9. The minimum atomic E-state index is -0.0147. The van der Waals surface area contributed by atoms with Crippen LogP contribution in [0.2, 0.25) is 0 Å². The number of carbonyl (C=O) groups excluding carboxylic acids is 1. The SMILES string of the molecule is COc1cccc2c1OCC([C@@H]1CC(=O)Nc3[nH]ncc31)=C2. The van der Waals surface area contributed by atoms with E-state index in [4.69, 9.17) is 9.47 Å². The molecule has 1 aromatic carbocycles. The van der Waals surface area contributed by atoms with Crippen molar-refractivity contribution in [2.45, 2.75) is 12.3 Å². The van der Waals surface area contributed by atoms with Gasteiger partial charge < -0.3 is 14.8 Å². The van der Waals surface area contributed by atoms with Crippen molar-refractivity contribution < 1.29 is 14.3 Å². The highest BCUT2D eigenvalue weighted by Gasteiger charge is 2.31. The highest BCUT2D eigenvalue weighted by atomic mass is 16.5. The Kier molecular flexibility index (Phi) is 2.89. The number of ether oxygens (including phenoxy) is 2. The molecule has 0 radical (unpaired) electrons. The largest absolute Gasteiger partial charge is 0.493 e. The third-order valence-electron chi connectivity index (χ3n) is 4.10. The number of anilines is 1. The van der Waals surface area contributed by atoms with E-state index in [1.54, 1.807) is 13.3 Å². The summed E-state index contributed by atoms with van der Waals surface area (Å²) in [7, 11) is 1.63.